The maximum absolute atomic E-state index is 12.2. The maximum Gasteiger partial charge on any atom is 0.408 e. The van der Waals surface area contributed by atoms with Gasteiger partial charge in [0.25, 0.3) is 0 Å². The zero-order valence-electron chi connectivity index (χ0n) is 17.7. The van der Waals surface area contributed by atoms with Gasteiger partial charge in [-0.3, -0.25) is 16.3 Å². The second kappa shape index (κ2) is 11.7. The number of piperidine rings is 1. The summed E-state index contributed by atoms with van der Waals surface area (Å²) < 4.78 is 18.0. The molecule has 1 saturated heterocycles. The van der Waals surface area contributed by atoms with E-state index in [2.05, 4.69) is 5.32 Å². The van der Waals surface area contributed by atoms with Crippen LogP contribution in [0.5, 0.6) is 0 Å². The van der Waals surface area contributed by atoms with E-state index in [1.807, 2.05) is 20.8 Å². The predicted octanol–water partition coefficient (Wildman–Crippen LogP) is 1.43. The summed E-state index contributed by atoms with van der Waals surface area (Å²) in [5.74, 6) is -0.00277. The van der Waals surface area contributed by atoms with Crippen LogP contribution in [-0.2, 0) is 19.0 Å². The van der Waals surface area contributed by atoms with Crippen LogP contribution >= 0.6 is 0 Å². The number of nitrogens with two attached hydrogens (primary N) is 2. The van der Waals surface area contributed by atoms with Crippen LogP contribution in [-0.4, -0.2) is 60.2 Å². The minimum atomic E-state index is -0.577. The van der Waals surface area contributed by atoms with E-state index in [9.17, 15) is 9.59 Å². The van der Waals surface area contributed by atoms with Crippen LogP contribution in [0.2, 0.25) is 0 Å². The van der Waals surface area contributed by atoms with Crippen molar-refractivity contribution in [3.8, 4) is 0 Å². The van der Waals surface area contributed by atoms with Gasteiger partial charge in [0.15, 0.2) is 6.23 Å². The third kappa shape index (κ3) is 9.25. The van der Waals surface area contributed by atoms with Crippen molar-refractivity contribution in [3.05, 3.63) is 0 Å². The number of esters is 1. The topological polar surface area (TPSA) is 129 Å². The fourth-order valence-electron chi connectivity index (χ4n) is 3.04. The molecule has 0 aliphatic carbocycles. The number of guanidine groups is 1. The molecule has 0 aromatic heterocycles. The molecule has 0 bridgehead atoms. The molecule has 0 aromatic rings. The summed E-state index contributed by atoms with van der Waals surface area (Å²) in [6.45, 7) is 8.79. The lowest BCUT2D eigenvalue weighted by molar-refractivity contribution is -0.628. The van der Waals surface area contributed by atoms with E-state index in [0.717, 1.165) is 32.1 Å². The standard InChI is InChI=1S/C19H36N4O5/c1-5-26-15(24)11-7-6-8-13-27-16-14(10-9-12-23(16)17(20)21)22-18(25)28-19(2,3)4/h14,16H,5-13H2,1-4H3,(H4,20,21,22,25)/p+1/t14-,16?/m0/s1. The van der Waals surface area contributed by atoms with E-state index in [4.69, 9.17) is 25.7 Å². The van der Waals surface area contributed by atoms with Gasteiger partial charge in [0.05, 0.1) is 25.8 Å². The summed E-state index contributed by atoms with van der Waals surface area (Å²) in [7, 11) is 0. The molecular weight excluding hydrogens is 364 g/mol. The molecule has 1 aliphatic heterocycles. The van der Waals surface area contributed by atoms with Gasteiger partial charge in [-0.1, -0.05) is 6.42 Å². The van der Waals surface area contributed by atoms with Crippen molar-refractivity contribution in [2.24, 2.45) is 11.5 Å². The molecule has 2 atom stereocenters. The van der Waals surface area contributed by atoms with E-state index in [1.165, 1.54) is 0 Å². The first kappa shape index (κ1) is 24.0. The Kier molecular flexibility index (Phi) is 10.1. The van der Waals surface area contributed by atoms with Crippen LogP contribution < -0.4 is 16.8 Å². The molecule has 1 heterocycles. The first-order valence-electron chi connectivity index (χ1n) is 10.0. The van der Waals surface area contributed by atoms with Crippen molar-refractivity contribution >= 4 is 18.0 Å². The highest BCUT2D eigenvalue weighted by Gasteiger charge is 2.35. The third-order valence-electron chi connectivity index (χ3n) is 4.22. The highest BCUT2D eigenvalue weighted by atomic mass is 16.6. The molecule has 0 aromatic carbocycles. The predicted molar refractivity (Wildman–Crippen MR) is 106 cm³/mol. The molecule has 1 aliphatic rings. The van der Waals surface area contributed by atoms with E-state index in [1.54, 1.807) is 11.5 Å². The fourth-order valence-corrected chi connectivity index (χ4v) is 3.04. The molecule has 0 saturated carbocycles. The van der Waals surface area contributed by atoms with E-state index >= 15 is 0 Å². The Morgan fingerprint density at radius 3 is 2.50 bits per heavy atom. The molecule has 162 valence electrons. The molecule has 28 heavy (non-hydrogen) atoms. The SMILES string of the molecule is CCOC(=O)CCCCCOC1[C@@H](NC(=O)OC(C)(C)C)CCC[N+]1=C(N)N. The number of alkyl carbamates (subject to hydrolysis) is 1. The first-order valence-corrected chi connectivity index (χ1v) is 10.0. The second-order valence-electron chi connectivity index (χ2n) is 7.89. The number of unbranched alkanes of at least 4 members (excludes halogenated alkanes) is 2. The van der Waals surface area contributed by atoms with Crippen molar-refractivity contribution in [2.45, 2.75) is 84.1 Å². The molecular formula is C19H37N4O5+. The molecule has 1 unspecified atom stereocenters. The van der Waals surface area contributed by atoms with Gasteiger partial charge in [-0.05, 0) is 53.4 Å². The number of hydrogen-bond acceptors (Lipinski definition) is 5. The lowest BCUT2D eigenvalue weighted by Gasteiger charge is -2.34. The lowest BCUT2D eigenvalue weighted by atomic mass is 10.0. The zero-order chi connectivity index (χ0) is 21.2. The van der Waals surface area contributed by atoms with Crippen molar-refractivity contribution in [3.63, 3.8) is 0 Å². The molecule has 5 N–H and O–H groups in total. The van der Waals surface area contributed by atoms with Gasteiger partial charge >= 0.3 is 18.0 Å². The van der Waals surface area contributed by atoms with E-state index < -0.39 is 17.9 Å². The number of nitrogens with zero attached hydrogens (tertiary/aromatic N) is 1. The summed E-state index contributed by atoms with van der Waals surface area (Å²) in [5, 5.41) is 2.88. The van der Waals surface area contributed by atoms with Crippen molar-refractivity contribution in [2.75, 3.05) is 19.8 Å². The molecule has 1 fully saturated rings. The van der Waals surface area contributed by atoms with E-state index in [0.29, 0.717) is 26.2 Å². The van der Waals surface area contributed by atoms with Crippen LogP contribution in [0.25, 0.3) is 0 Å². The molecule has 1 rings (SSSR count). The van der Waals surface area contributed by atoms with Gasteiger partial charge in [-0.25, -0.2) is 9.37 Å². The van der Waals surface area contributed by atoms with Crippen LogP contribution in [0.3, 0.4) is 0 Å². The van der Waals surface area contributed by atoms with E-state index in [-0.39, 0.29) is 18.0 Å². The largest absolute Gasteiger partial charge is 0.466 e. The highest BCUT2D eigenvalue weighted by Crippen LogP contribution is 2.17. The Balaban J connectivity index is 2.54. The Morgan fingerprint density at radius 1 is 1.18 bits per heavy atom. The zero-order valence-corrected chi connectivity index (χ0v) is 17.7. The fraction of sp³-hybridized carbons (Fsp3) is 0.842. The smallest absolute Gasteiger partial charge is 0.408 e. The minimum Gasteiger partial charge on any atom is -0.466 e. The third-order valence-corrected chi connectivity index (χ3v) is 4.22. The van der Waals surface area contributed by atoms with Crippen LogP contribution in [0.4, 0.5) is 4.79 Å². The molecule has 0 spiro atoms. The first-order chi connectivity index (χ1) is 13.1. The summed E-state index contributed by atoms with van der Waals surface area (Å²) in [6, 6.07) is -0.273. The number of ether oxygens (including phenoxy) is 3. The van der Waals surface area contributed by atoms with Gasteiger partial charge < -0.3 is 19.5 Å². The highest BCUT2D eigenvalue weighted by molar-refractivity contribution is 5.70. The number of carbonyl (C=O) groups is 2. The monoisotopic (exact) mass is 401 g/mol. The van der Waals surface area contributed by atoms with Crippen molar-refractivity contribution in [1.29, 1.82) is 0 Å². The van der Waals surface area contributed by atoms with Crippen LogP contribution in [0, 0.1) is 0 Å². The number of rotatable bonds is 9. The Bertz CT molecular complexity index is 541. The van der Waals surface area contributed by atoms with Gasteiger partial charge in [0.2, 0.25) is 0 Å². The van der Waals surface area contributed by atoms with Crippen molar-refractivity contribution < 1.29 is 28.4 Å². The van der Waals surface area contributed by atoms with Gasteiger partial charge in [-0.2, -0.15) is 0 Å². The quantitative estimate of drug-likeness (QED) is 0.231. The Morgan fingerprint density at radius 2 is 1.89 bits per heavy atom. The number of hydrogen-bond donors (Lipinski definition) is 3. The van der Waals surface area contributed by atoms with Gasteiger partial charge in [0.1, 0.15) is 5.60 Å². The molecule has 0 radical (unpaired) electrons. The molecule has 9 nitrogen and oxygen atoms in total. The maximum atomic E-state index is 12.2. The van der Waals surface area contributed by atoms with Crippen LogP contribution in [0.15, 0.2) is 0 Å². The normalized spacial score (nSPS) is 19.8. The number of nitrogens with one attached hydrogen (secondary N) is 1. The van der Waals surface area contributed by atoms with Gasteiger partial charge in [0, 0.05) is 6.42 Å². The second-order valence-corrected chi connectivity index (χ2v) is 7.89. The summed E-state index contributed by atoms with van der Waals surface area (Å²) >= 11 is 0. The lowest BCUT2D eigenvalue weighted by Crippen LogP contribution is -2.57. The molecule has 1 amide bonds. The number of carbonyl (C=O) groups excluding carboxylic acids is 2. The average molecular weight is 402 g/mol. The van der Waals surface area contributed by atoms with Crippen molar-refractivity contribution in [1.82, 2.24) is 5.32 Å². The summed E-state index contributed by atoms with van der Waals surface area (Å²) in [4.78, 5) is 23.5. The number of amides is 1. The Labute approximate surface area is 167 Å². The summed E-state index contributed by atoms with van der Waals surface area (Å²) in [5.41, 5.74) is 11.0. The van der Waals surface area contributed by atoms with Gasteiger partial charge in [-0.15, -0.1) is 0 Å². The molecule has 9 heteroatoms. The minimum absolute atomic E-state index is 0.169. The Hall–Kier alpha value is -2.03. The van der Waals surface area contributed by atoms with Crippen LogP contribution in [0.1, 0.15) is 66.2 Å². The summed E-state index contributed by atoms with van der Waals surface area (Å²) in [6.07, 6.45) is 3.44. The average Bonchev–Trinajstić information content (AvgIpc) is 2.57.